The lowest BCUT2D eigenvalue weighted by Gasteiger charge is -1.95. The molecule has 0 aliphatic carbocycles. The predicted molar refractivity (Wildman–Crippen MR) is 63.1 cm³/mol. The maximum absolute atomic E-state index is 13.0. The second-order valence-corrected chi connectivity index (χ2v) is 5.05. The number of fused-ring (bicyclic) bond motifs is 1. The lowest BCUT2D eigenvalue weighted by atomic mass is 10.2. The van der Waals surface area contributed by atoms with Crippen LogP contribution in [0.5, 0.6) is 0 Å². The van der Waals surface area contributed by atoms with Gasteiger partial charge in [0.1, 0.15) is 5.82 Å². The average Bonchev–Trinajstić information content (AvgIpc) is 2.54. The van der Waals surface area contributed by atoms with E-state index >= 15 is 0 Å². The Labute approximate surface area is 95.1 Å². The Morgan fingerprint density at radius 2 is 2.29 bits per heavy atom. The van der Waals surface area contributed by atoms with E-state index in [0.29, 0.717) is 5.88 Å². The van der Waals surface area contributed by atoms with E-state index in [1.165, 1.54) is 11.0 Å². The predicted octanol–water partition coefficient (Wildman–Crippen LogP) is 4.50. The van der Waals surface area contributed by atoms with Crippen molar-refractivity contribution in [2.75, 3.05) is 6.26 Å². The summed E-state index contributed by atoms with van der Waals surface area (Å²) in [5.41, 5.74) is 0. The van der Waals surface area contributed by atoms with Gasteiger partial charge in [-0.05, 0) is 24.5 Å². The van der Waals surface area contributed by atoms with Crippen molar-refractivity contribution in [1.82, 2.24) is 0 Å². The fraction of sp³-hybridized carbons (Fsp3) is 0.200. The van der Waals surface area contributed by atoms with E-state index in [0.717, 1.165) is 15.0 Å². The maximum Gasteiger partial charge on any atom is 0.124 e. The van der Waals surface area contributed by atoms with Crippen LogP contribution in [-0.4, -0.2) is 6.26 Å². The third-order valence-corrected chi connectivity index (χ3v) is 4.58. The number of thiophene rings is 1. The summed E-state index contributed by atoms with van der Waals surface area (Å²) in [6, 6.07) is 4.88. The third kappa shape index (κ3) is 1.64. The van der Waals surface area contributed by atoms with Crippen molar-refractivity contribution < 1.29 is 4.39 Å². The molecule has 0 unspecified atom stereocenters. The number of hydrogen-bond donors (Lipinski definition) is 0. The minimum atomic E-state index is -0.187. The largest absolute Gasteiger partial charge is 0.207 e. The second kappa shape index (κ2) is 4.09. The van der Waals surface area contributed by atoms with Crippen molar-refractivity contribution in [3.05, 3.63) is 28.9 Å². The molecular formula is C10H8ClFS2. The number of halogens is 2. The van der Waals surface area contributed by atoms with Crippen LogP contribution in [0.2, 0.25) is 0 Å². The molecule has 0 nitrogen and oxygen atoms in total. The minimum absolute atomic E-state index is 0.187. The number of thioether (sulfide) groups is 1. The van der Waals surface area contributed by atoms with Crippen LogP contribution in [0.4, 0.5) is 4.39 Å². The van der Waals surface area contributed by atoms with Crippen molar-refractivity contribution in [2.45, 2.75) is 10.8 Å². The van der Waals surface area contributed by atoms with E-state index in [1.54, 1.807) is 29.2 Å². The fourth-order valence-electron chi connectivity index (χ4n) is 1.41. The Morgan fingerprint density at radius 3 is 2.93 bits per heavy atom. The summed E-state index contributed by atoms with van der Waals surface area (Å²) in [5, 5.41) is 1.11. The molecule has 4 heteroatoms. The first-order valence-corrected chi connectivity index (χ1v) is 6.64. The number of alkyl halides is 1. The van der Waals surface area contributed by atoms with Crippen molar-refractivity contribution >= 4 is 44.8 Å². The van der Waals surface area contributed by atoms with Gasteiger partial charge in [-0.15, -0.1) is 34.7 Å². The number of benzene rings is 1. The summed E-state index contributed by atoms with van der Waals surface area (Å²) in [6.45, 7) is 0. The van der Waals surface area contributed by atoms with Crippen LogP contribution in [0.25, 0.3) is 10.1 Å². The van der Waals surface area contributed by atoms with Crippen molar-refractivity contribution in [3.63, 3.8) is 0 Å². The molecule has 14 heavy (non-hydrogen) atoms. The van der Waals surface area contributed by atoms with E-state index < -0.39 is 0 Å². The van der Waals surface area contributed by atoms with Crippen LogP contribution in [0.1, 0.15) is 4.88 Å². The van der Waals surface area contributed by atoms with Gasteiger partial charge in [0.05, 0.1) is 5.88 Å². The highest BCUT2D eigenvalue weighted by Crippen LogP contribution is 2.38. The van der Waals surface area contributed by atoms with Gasteiger partial charge in [0, 0.05) is 19.9 Å². The summed E-state index contributed by atoms with van der Waals surface area (Å²) < 4.78 is 13.9. The zero-order valence-corrected chi connectivity index (χ0v) is 9.90. The molecule has 0 atom stereocenters. The first-order valence-electron chi connectivity index (χ1n) is 4.07. The SMILES string of the molecule is CSc1c(CCl)sc2cc(F)ccc12. The van der Waals surface area contributed by atoms with E-state index in [1.807, 2.05) is 12.3 Å². The molecule has 0 bridgehead atoms. The van der Waals surface area contributed by atoms with Gasteiger partial charge >= 0.3 is 0 Å². The van der Waals surface area contributed by atoms with Gasteiger partial charge in [0.2, 0.25) is 0 Å². The zero-order chi connectivity index (χ0) is 10.1. The van der Waals surface area contributed by atoms with Crippen LogP contribution in [0.15, 0.2) is 23.1 Å². The number of hydrogen-bond acceptors (Lipinski definition) is 2. The van der Waals surface area contributed by atoms with Crippen LogP contribution in [0, 0.1) is 5.82 Å². The standard InChI is InChI=1S/C10H8ClFS2/c1-13-10-7-3-2-6(12)4-8(7)14-9(10)5-11/h2-4H,5H2,1H3. The van der Waals surface area contributed by atoms with Crippen LogP contribution >= 0.6 is 34.7 Å². The molecule has 0 fully saturated rings. The monoisotopic (exact) mass is 246 g/mol. The molecule has 2 aromatic rings. The van der Waals surface area contributed by atoms with Gasteiger partial charge in [0.25, 0.3) is 0 Å². The zero-order valence-electron chi connectivity index (χ0n) is 7.51. The average molecular weight is 247 g/mol. The van der Waals surface area contributed by atoms with Gasteiger partial charge in [-0.2, -0.15) is 0 Å². The summed E-state index contributed by atoms with van der Waals surface area (Å²) in [4.78, 5) is 2.31. The van der Waals surface area contributed by atoms with Crippen molar-refractivity contribution in [3.8, 4) is 0 Å². The van der Waals surface area contributed by atoms with E-state index in [4.69, 9.17) is 11.6 Å². The van der Waals surface area contributed by atoms with E-state index in [2.05, 4.69) is 0 Å². The first-order chi connectivity index (χ1) is 6.76. The molecule has 0 aliphatic rings. The molecular weight excluding hydrogens is 239 g/mol. The second-order valence-electron chi connectivity index (χ2n) is 2.83. The van der Waals surface area contributed by atoms with Crippen LogP contribution < -0.4 is 0 Å². The molecule has 0 aliphatic heterocycles. The van der Waals surface area contributed by atoms with E-state index in [-0.39, 0.29) is 5.82 Å². The lowest BCUT2D eigenvalue weighted by Crippen LogP contribution is -1.74. The molecule has 0 saturated carbocycles. The highest BCUT2D eigenvalue weighted by Gasteiger charge is 2.10. The Hall–Kier alpha value is -0.250. The van der Waals surface area contributed by atoms with Gasteiger partial charge in [-0.25, -0.2) is 4.39 Å². The van der Waals surface area contributed by atoms with Gasteiger partial charge in [-0.3, -0.25) is 0 Å². The molecule has 0 amide bonds. The Balaban J connectivity index is 2.73. The van der Waals surface area contributed by atoms with E-state index in [9.17, 15) is 4.39 Å². The maximum atomic E-state index is 13.0. The highest BCUT2D eigenvalue weighted by atomic mass is 35.5. The molecule has 0 saturated heterocycles. The van der Waals surface area contributed by atoms with Gasteiger partial charge < -0.3 is 0 Å². The van der Waals surface area contributed by atoms with Crippen molar-refractivity contribution in [2.24, 2.45) is 0 Å². The summed E-state index contributed by atoms with van der Waals surface area (Å²) >= 11 is 9.06. The van der Waals surface area contributed by atoms with Gasteiger partial charge in [-0.1, -0.05) is 0 Å². The first kappa shape index (κ1) is 10.3. The normalized spacial score (nSPS) is 11.1. The highest BCUT2D eigenvalue weighted by molar-refractivity contribution is 7.99. The Morgan fingerprint density at radius 1 is 1.50 bits per heavy atom. The molecule has 0 radical (unpaired) electrons. The molecule has 2 rings (SSSR count). The Bertz CT molecular complexity index is 464. The van der Waals surface area contributed by atoms with Crippen LogP contribution in [-0.2, 0) is 5.88 Å². The van der Waals surface area contributed by atoms with Crippen LogP contribution in [0.3, 0.4) is 0 Å². The van der Waals surface area contributed by atoms with Crippen molar-refractivity contribution in [1.29, 1.82) is 0 Å². The summed E-state index contributed by atoms with van der Waals surface area (Å²) in [7, 11) is 0. The molecule has 0 N–H and O–H groups in total. The number of rotatable bonds is 2. The smallest absolute Gasteiger partial charge is 0.124 e. The molecule has 1 aromatic carbocycles. The molecule has 1 aromatic heterocycles. The Kier molecular flexibility index (Phi) is 3.00. The van der Waals surface area contributed by atoms with Gasteiger partial charge in [0.15, 0.2) is 0 Å². The minimum Gasteiger partial charge on any atom is -0.207 e. The third-order valence-electron chi connectivity index (χ3n) is 2.00. The summed E-state index contributed by atoms with van der Waals surface area (Å²) in [5.74, 6) is 0.310. The topological polar surface area (TPSA) is 0 Å². The quantitative estimate of drug-likeness (QED) is 0.555. The molecule has 1 heterocycles. The lowest BCUT2D eigenvalue weighted by molar-refractivity contribution is 0.630. The summed E-state index contributed by atoms with van der Waals surface area (Å²) in [6.07, 6.45) is 2.01. The fourth-order valence-corrected chi connectivity index (χ4v) is 3.90. The molecule has 0 spiro atoms. The molecule has 74 valence electrons.